The van der Waals surface area contributed by atoms with E-state index >= 15 is 0 Å². The number of halogens is 1. The normalized spacial score (nSPS) is 12.8. The number of hydrogen-bond donors (Lipinski definition) is 1. The molecule has 1 atom stereocenters. The maximum absolute atomic E-state index is 12.3. The summed E-state index contributed by atoms with van der Waals surface area (Å²) >= 11 is 3.46. The lowest BCUT2D eigenvalue weighted by atomic mass is 10.0. The highest BCUT2D eigenvalue weighted by Gasteiger charge is 2.16. The molecule has 112 valence electrons. The van der Waals surface area contributed by atoms with Crippen LogP contribution in [0.5, 0.6) is 0 Å². The summed E-state index contributed by atoms with van der Waals surface area (Å²) in [5.41, 5.74) is 1.72. The van der Waals surface area contributed by atoms with Gasteiger partial charge in [0.2, 0.25) is 0 Å². The van der Waals surface area contributed by atoms with Crippen LogP contribution in [0.25, 0.3) is 0 Å². The summed E-state index contributed by atoms with van der Waals surface area (Å²) in [6.45, 7) is 7.04. The molecule has 0 heterocycles. The number of hydrogen-bond acceptors (Lipinski definition) is 2. The smallest absolute Gasteiger partial charge is 0.251 e. The van der Waals surface area contributed by atoms with Crippen LogP contribution in [0, 0.1) is 12.8 Å². The minimum absolute atomic E-state index is 0.000550. The van der Waals surface area contributed by atoms with Crippen LogP contribution in [0.15, 0.2) is 22.7 Å². The Kier molecular flexibility index (Phi) is 6.69. The number of benzene rings is 1. The molecule has 0 aromatic heterocycles. The number of rotatable bonds is 6. The number of likely N-dealkylation sites (N-methyl/N-ethyl adjacent to an activating group) is 1. The standard InChI is InChI=1S/C16H25BrN2O/c1-11(2)9-13(19(4)5)10-18-16(20)14-7-6-8-15(17)12(14)3/h6-8,11,13H,9-10H2,1-5H3,(H,18,20). The van der Waals surface area contributed by atoms with E-state index < -0.39 is 0 Å². The Labute approximate surface area is 130 Å². The van der Waals surface area contributed by atoms with Crippen LogP contribution in [-0.4, -0.2) is 37.5 Å². The van der Waals surface area contributed by atoms with Gasteiger partial charge >= 0.3 is 0 Å². The van der Waals surface area contributed by atoms with Crippen LogP contribution >= 0.6 is 15.9 Å². The van der Waals surface area contributed by atoms with Crippen molar-refractivity contribution in [2.24, 2.45) is 5.92 Å². The van der Waals surface area contributed by atoms with Gasteiger partial charge in [-0.15, -0.1) is 0 Å². The average Bonchev–Trinajstić information content (AvgIpc) is 2.36. The fourth-order valence-corrected chi connectivity index (χ4v) is 2.55. The third-order valence-electron chi connectivity index (χ3n) is 3.48. The van der Waals surface area contributed by atoms with Crippen molar-refractivity contribution >= 4 is 21.8 Å². The van der Waals surface area contributed by atoms with E-state index in [2.05, 4.69) is 54.1 Å². The SMILES string of the molecule is Cc1c(Br)cccc1C(=O)NCC(CC(C)C)N(C)C. The molecule has 0 aliphatic carbocycles. The first-order chi connectivity index (χ1) is 9.32. The average molecular weight is 341 g/mol. The maximum Gasteiger partial charge on any atom is 0.251 e. The summed E-state index contributed by atoms with van der Waals surface area (Å²) in [5, 5.41) is 3.05. The Balaban J connectivity index is 2.68. The molecule has 0 bridgehead atoms. The second kappa shape index (κ2) is 7.79. The molecule has 1 unspecified atom stereocenters. The lowest BCUT2D eigenvalue weighted by Crippen LogP contribution is -2.41. The van der Waals surface area contributed by atoms with Gasteiger partial charge in [-0.05, 0) is 51.1 Å². The van der Waals surface area contributed by atoms with E-state index in [0.29, 0.717) is 18.5 Å². The van der Waals surface area contributed by atoms with E-state index in [-0.39, 0.29) is 5.91 Å². The summed E-state index contributed by atoms with van der Waals surface area (Å²) in [4.78, 5) is 14.5. The summed E-state index contributed by atoms with van der Waals surface area (Å²) in [7, 11) is 4.12. The van der Waals surface area contributed by atoms with Crippen molar-refractivity contribution in [2.45, 2.75) is 33.2 Å². The van der Waals surface area contributed by atoms with Crippen LogP contribution in [0.3, 0.4) is 0 Å². The van der Waals surface area contributed by atoms with Gasteiger partial charge in [-0.2, -0.15) is 0 Å². The topological polar surface area (TPSA) is 32.3 Å². The fraction of sp³-hybridized carbons (Fsp3) is 0.562. The molecule has 0 aliphatic rings. The zero-order valence-corrected chi connectivity index (χ0v) is 14.6. The van der Waals surface area contributed by atoms with Gasteiger partial charge in [-0.3, -0.25) is 4.79 Å². The highest BCUT2D eigenvalue weighted by Crippen LogP contribution is 2.19. The highest BCUT2D eigenvalue weighted by atomic mass is 79.9. The van der Waals surface area contributed by atoms with Gasteiger partial charge in [0, 0.05) is 22.6 Å². The first kappa shape index (κ1) is 17.2. The van der Waals surface area contributed by atoms with E-state index in [4.69, 9.17) is 0 Å². The van der Waals surface area contributed by atoms with Gasteiger partial charge in [-0.25, -0.2) is 0 Å². The zero-order valence-electron chi connectivity index (χ0n) is 13.0. The van der Waals surface area contributed by atoms with Crippen molar-refractivity contribution in [3.63, 3.8) is 0 Å². The van der Waals surface area contributed by atoms with E-state index in [9.17, 15) is 4.79 Å². The summed E-state index contributed by atoms with van der Waals surface area (Å²) in [5.74, 6) is 0.617. The van der Waals surface area contributed by atoms with Gasteiger partial charge in [0.15, 0.2) is 0 Å². The first-order valence-corrected chi connectivity index (χ1v) is 7.82. The number of carbonyl (C=O) groups excluding carboxylic acids is 1. The Bertz CT molecular complexity index is 458. The summed E-state index contributed by atoms with van der Waals surface area (Å²) in [6, 6.07) is 6.07. The van der Waals surface area contributed by atoms with E-state index in [1.807, 2.05) is 25.1 Å². The molecule has 1 amide bonds. The van der Waals surface area contributed by atoms with Crippen LogP contribution in [0.4, 0.5) is 0 Å². The van der Waals surface area contributed by atoms with E-state index in [1.165, 1.54) is 0 Å². The summed E-state index contributed by atoms with van der Waals surface area (Å²) in [6.07, 6.45) is 1.07. The lowest BCUT2D eigenvalue weighted by Gasteiger charge is -2.26. The molecule has 20 heavy (non-hydrogen) atoms. The minimum Gasteiger partial charge on any atom is -0.350 e. The molecule has 1 N–H and O–H groups in total. The molecule has 0 aliphatic heterocycles. The third kappa shape index (κ3) is 4.91. The Morgan fingerprint density at radius 1 is 1.35 bits per heavy atom. The molecule has 0 saturated heterocycles. The van der Waals surface area contributed by atoms with Crippen LogP contribution in [0.1, 0.15) is 36.2 Å². The van der Waals surface area contributed by atoms with Crippen LogP contribution < -0.4 is 5.32 Å². The molecule has 1 aromatic rings. The van der Waals surface area contributed by atoms with Crippen molar-refractivity contribution in [3.8, 4) is 0 Å². The van der Waals surface area contributed by atoms with Crippen LogP contribution in [-0.2, 0) is 0 Å². The largest absolute Gasteiger partial charge is 0.350 e. The van der Waals surface area contributed by atoms with E-state index in [0.717, 1.165) is 22.0 Å². The van der Waals surface area contributed by atoms with Crippen molar-refractivity contribution < 1.29 is 4.79 Å². The highest BCUT2D eigenvalue weighted by molar-refractivity contribution is 9.10. The van der Waals surface area contributed by atoms with Gasteiger partial charge < -0.3 is 10.2 Å². The lowest BCUT2D eigenvalue weighted by molar-refractivity contribution is 0.0938. The number of nitrogens with zero attached hydrogens (tertiary/aromatic N) is 1. The van der Waals surface area contributed by atoms with Gasteiger partial charge in [0.05, 0.1) is 0 Å². The molecule has 4 heteroatoms. The molecule has 0 spiro atoms. The monoisotopic (exact) mass is 340 g/mol. The summed E-state index contributed by atoms with van der Waals surface area (Å²) < 4.78 is 0.969. The van der Waals surface area contributed by atoms with Crippen molar-refractivity contribution in [1.82, 2.24) is 10.2 Å². The van der Waals surface area contributed by atoms with Crippen molar-refractivity contribution in [3.05, 3.63) is 33.8 Å². The quantitative estimate of drug-likeness (QED) is 0.859. The molecule has 0 fully saturated rings. The zero-order chi connectivity index (χ0) is 15.3. The van der Waals surface area contributed by atoms with Gasteiger partial charge in [0.1, 0.15) is 0 Å². The molecule has 3 nitrogen and oxygen atoms in total. The van der Waals surface area contributed by atoms with Gasteiger partial charge in [-0.1, -0.05) is 35.8 Å². The molecule has 1 rings (SSSR count). The first-order valence-electron chi connectivity index (χ1n) is 7.02. The second-order valence-corrected chi connectivity index (χ2v) is 6.72. The minimum atomic E-state index is -0.000550. The molecule has 1 aromatic carbocycles. The molecule has 0 radical (unpaired) electrons. The Morgan fingerprint density at radius 2 is 2.00 bits per heavy atom. The van der Waals surface area contributed by atoms with Gasteiger partial charge in [0.25, 0.3) is 5.91 Å². The Morgan fingerprint density at radius 3 is 2.55 bits per heavy atom. The predicted octanol–water partition coefficient (Wildman–Crippen LogP) is 3.46. The van der Waals surface area contributed by atoms with Crippen molar-refractivity contribution in [2.75, 3.05) is 20.6 Å². The number of amides is 1. The number of nitrogens with one attached hydrogen (secondary N) is 1. The molecular formula is C16H25BrN2O. The van der Waals surface area contributed by atoms with E-state index in [1.54, 1.807) is 0 Å². The van der Waals surface area contributed by atoms with Crippen molar-refractivity contribution in [1.29, 1.82) is 0 Å². The third-order valence-corrected chi connectivity index (χ3v) is 4.34. The number of carbonyl (C=O) groups is 1. The maximum atomic E-state index is 12.3. The predicted molar refractivity (Wildman–Crippen MR) is 88.1 cm³/mol. The van der Waals surface area contributed by atoms with Crippen LogP contribution in [0.2, 0.25) is 0 Å². The fourth-order valence-electron chi connectivity index (χ4n) is 2.18. The molecule has 0 saturated carbocycles. The molecular weight excluding hydrogens is 316 g/mol. The Hall–Kier alpha value is -0.870. The second-order valence-electron chi connectivity index (χ2n) is 5.87.